The van der Waals surface area contributed by atoms with Gasteiger partial charge in [0.2, 0.25) is 0 Å². The van der Waals surface area contributed by atoms with Crippen molar-refractivity contribution in [3.8, 4) is 0 Å². The van der Waals surface area contributed by atoms with Crippen LogP contribution in [-0.2, 0) is 11.0 Å². The molecule has 0 saturated heterocycles. The lowest BCUT2D eigenvalue weighted by Crippen LogP contribution is -2.17. The standard InChI is InChI=1S/C9H13N.H4NO3P/c1-8(10)7-9-5-3-2-4-6-9;1-5(2,3)4/h2-6,8H,7,10H2,1H3;(H4,1,2,3,4)/t8-;/m0./s1. The second-order valence-corrected chi connectivity index (χ2v) is 4.43. The first-order valence-electron chi connectivity index (χ1n) is 4.42. The Bertz CT molecular complexity index is 302. The fourth-order valence-electron chi connectivity index (χ4n) is 0.986. The Morgan fingerprint density at radius 2 is 1.73 bits per heavy atom. The summed E-state index contributed by atoms with van der Waals surface area (Å²) in [7, 11) is -4.14. The van der Waals surface area contributed by atoms with Gasteiger partial charge in [-0.2, -0.15) is 0 Å². The van der Waals surface area contributed by atoms with Crippen molar-refractivity contribution in [3.63, 3.8) is 0 Å². The average molecular weight is 232 g/mol. The number of benzene rings is 1. The van der Waals surface area contributed by atoms with Gasteiger partial charge in [0.15, 0.2) is 0 Å². The molecule has 0 amide bonds. The Kier molecular flexibility index (Phi) is 6.40. The summed E-state index contributed by atoms with van der Waals surface area (Å²) in [5.41, 5.74) is 11.0. The molecule has 0 unspecified atom stereocenters. The monoisotopic (exact) mass is 232 g/mol. The quantitative estimate of drug-likeness (QED) is 0.558. The first kappa shape index (κ1) is 14.3. The average Bonchev–Trinajstić information content (AvgIpc) is 2.01. The molecule has 86 valence electrons. The molecule has 0 bridgehead atoms. The van der Waals surface area contributed by atoms with E-state index in [1.54, 1.807) is 0 Å². The van der Waals surface area contributed by atoms with Crippen molar-refractivity contribution in [2.45, 2.75) is 19.4 Å². The maximum Gasteiger partial charge on any atom is 0.397 e. The second-order valence-electron chi connectivity index (χ2n) is 3.26. The molecule has 0 aromatic heterocycles. The first-order chi connectivity index (χ1) is 6.79. The zero-order valence-corrected chi connectivity index (χ0v) is 9.47. The molecule has 1 rings (SSSR count). The molecule has 0 fully saturated rings. The van der Waals surface area contributed by atoms with Gasteiger partial charge >= 0.3 is 7.75 Å². The molecule has 5 nitrogen and oxygen atoms in total. The zero-order valence-electron chi connectivity index (χ0n) is 8.58. The Balaban J connectivity index is 0.000000336. The van der Waals surface area contributed by atoms with Crippen LogP contribution in [-0.4, -0.2) is 15.8 Å². The molecule has 0 aliphatic rings. The summed E-state index contributed by atoms with van der Waals surface area (Å²) >= 11 is 0. The van der Waals surface area contributed by atoms with Gasteiger partial charge in [-0.3, -0.25) is 0 Å². The molecular formula is C9H17N2O3P. The van der Waals surface area contributed by atoms with Gasteiger partial charge in [0, 0.05) is 6.04 Å². The summed E-state index contributed by atoms with van der Waals surface area (Å²) in [6.07, 6.45) is 0.973. The molecule has 0 saturated carbocycles. The predicted octanol–water partition coefficient (Wildman–Crippen LogP) is 0.614. The minimum absolute atomic E-state index is 0.266. The van der Waals surface area contributed by atoms with Crippen molar-refractivity contribution in [2.75, 3.05) is 0 Å². The van der Waals surface area contributed by atoms with Gasteiger partial charge in [0.25, 0.3) is 0 Å². The van der Waals surface area contributed by atoms with E-state index in [1.807, 2.05) is 25.1 Å². The van der Waals surface area contributed by atoms with E-state index in [-0.39, 0.29) is 6.04 Å². The normalized spacial score (nSPS) is 12.6. The van der Waals surface area contributed by atoms with Gasteiger partial charge in [-0.15, -0.1) is 0 Å². The van der Waals surface area contributed by atoms with E-state index >= 15 is 0 Å². The SMILES string of the molecule is C[C@H](N)Cc1ccccc1.NP(=O)(O)O. The molecule has 1 aromatic carbocycles. The van der Waals surface area contributed by atoms with E-state index in [0.717, 1.165) is 6.42 Å². The molecule has 1 atom stereocenters. The Labute approximate surface area is 89.3 Å². The van der Waals surface area contributed by atoms with E-state index in [0.29, 0.717) is 0 Å². The van der Waals surface area contributed by atoms with Gasteiger partial charge in [0.05, 0.1) is 0 Å². The van der Waals surface area contributed by atoms with Crippen LogP contribution in [0.25, 0.3) is 0 Å². The number of nitrogens with two attached hydrogens (primary N) is 2. The van der Waals surface area contributed by atoms with Crippen molar-refractivity contribution >= 4 is 7.75 Å². The number of hydrogen-bond donors (Lipinski definition) is 4. The van der Waals surface area contributed by atoms with Crippen molar-refractivity contribution in [1.82, 2.24) is 0 Å². The predicted molar refractivity (Wildman–Crippen MR) is 60.0 cm³/mol. The van der Waals surface area contributed by atoms with E-state index in [2.05, 4.69) is 17.6 Å². The highest BCUT2D eigenvalue weighted by atomic mass is 31.2. The number of hydrogen-bond acceptors (Lipinski definition) is 2. The van der Waals surface area contributed by atoms with Crippen LogP contribution in [0.2, 0.25) is 0 Å². The van der Waals surface area contributed by atoms with Crippen LogP contribution in [0.4, 0.5) is 0 Å². The van der Waals surface area contributed by atoms with Crippen molar-refractivity contribution in [1.29, 1.82) is 0 Å². The third kappa shape index (κ3) is 13.3. The number of rotatable bonds is 2. The molecule has 0 heterocycles. The second kappa shape index (κ2) is 6.71. The van der Waals surface area contributed by atoms with Crippen LogP contribution in [0.3, 0.4) is 0 Å². The minimum atomic E-state index is -4.14. The maximum absolute atomic E-state index is 9.10. The molecule has 6 heteroatoms. The van der Waals surface area contributed by atoms with Crippen LogP contribution in [0, 0.1) is 0 Å². The Morgan fingerprint density at radius 1 is 1.33 bits per heavy atom. The highest BCUT2D eigenvalue weighted by Crippen LogP contribution is 2.20. The van der Waals surface area contributed by atoms with Crippen molar-refractivity contribution < 1.29 is 14.4 Å². The van der Waals surface area contributed by atoms with Crippen LogP contribution in [0.15, 0.2) is 30.3 Å². The third-order valence-electron chi connectivity index (χ3n) is 1.40. The highest BCUT2D eigenvalue weighted by Gasteiger charge is 1.96. The summed E-state index contributed by atoms with van der Waals surface area (Å²) in [6.45, 7) is 2.02. The largest absolute Gasteiger partial charge is 0.397 e. The fraction of sp³-hybridized carbons (Fsp3) is 0.333. The van der Waals surface area contributed by atoms with E-state index in [9.17, 15) is 0 Å². The van der Waals surface area contributed by atoms with E-state index in [4.69, 9.17) is 20.1 Å². The smallest absolute Gasteiger partial charge is 0.328 e. The lowest BCUT2D eigenvalue weighted by Gasteiger charge is -2.02. The summed E-state index contributed by atoms with van der Waals surface area (Å²) in [5.74, 6) is 0. The molecule has 0 aliphatic carbocycles. The van der Waals surface area contributed by atoms with Crippen molar-refractivity contribution in [3.05, 3.63) is 35.9 Å². The maximum atomic E-state index is 9.10. The summed E-state index contributed by atoms with van der Waals surface area (Å²) < 4.78 is 9.10. The van der Waals surface area contributed by atoms with Crippen LogP contribution >= 0.6 is 7.75 Å². The molecular weight excluding hydrogens is 215 g/mol. The summed E-state index contributed by atoms with van der Waals surface area (Å²) in [6, 6.07) is 10.6. The van der Waals surface area contributed by atoms with E-state index in [1.165, 1.54) is 5.56 Å². The van der Waals surface area contributed by atoms with Gasteiger partial charge in [-0.1, -0.05) is 30.3 Å². The summed E-state index contributed by atoms with van der Waals surface area (Å²) in [4.78, 5) is 14.8. The van der Waals surface area contributed by atoms with Gasteiger partial charge in [-0.05, 0) is 18.9 Å². The van der Waals surface area contributed by atoms with E-state index < -0.39 is 7.75 Å². The van der Waals surface area contributed by atoms with Crippen molar-refractivity contribution in [2.24, 2.45) is 11.2 Å². The van der Waals surface area contributed by atoms with Crippen LogP contribution in [0.1, 0.15) is 12.5 Å². The molecule has 1 aromatic rings. The molecule has 0 spiro atoms. The fourth-order valence-corrected chi connectivity index (χ4v) is 0.986. The summed E-state index contributed by atoms with van der Waals surface area (Å²) in [5, 5.41) is 0. The highest BCUT2D eigenvalue weighted by molar-refractivity contribution is 7.49. The lowest BCUT2D eigenvalue weighted by atomic mass is 10.1. The van der Waals surface area contributed by atoms with Gasteiger partial charge < -0.3 is 15.5 Å². The van der Waals surface area contributed by atoms with Gasteiger partial charge in [-0.25, -0.2) is 10.1 Å². The minimum Gasteiger partial charge on any atom is -0.328 e. The Hall–Kier alpha value is -0.710. The van der Waals surface area contributed by atoms with Crippen LogP contribution < -0.4 is 11.2 Å². The van der Waals surface area contributed by atoms with Crippen LogP contribution in [0.5, 0.6) is 0 Å². The topological polar surface area (TPSA) is 110 Å². The molecule has 0 radical (unpaired) electrons. The molecule has 15 heavy (non-hydrogen) atoms. The third-order valence-corrected chi connectivity index (χ3v) is 1.40. The lowest BCUT2D eigenvalue weighted by molar-refractivity contribution is 0.374. The van der Waals surface area contributed by atoms with Gasteiger partial charge in [0.1, 0.15) is 0 Å². The zero-order chi connectivity index (χ0) is 11.9. The first-order valence-corrected chi connectivity index (χ1v) is 6.11. The molecule has 0 aliphatic heterocycles. The Morgan fingerprint density at radius 3 is 2.07 bits per heavy atom. The molecule has 6 N–H and O–H groups in total.